The molecule has 0 spiro atoms. The van der Waals surface area contributed by atoms with Gasteiger partial charge in [-0.2, -0.15) is 11.8 Å². The summed E-state index contributed by atoms with van der Waals surface area (Å²) >= 11 is 1.78. The highest BCUT2D eigenvalue weighted by Crippen LogP contribution is 2.29. The Bertz CT molecular complexity index is 448. The number of ether oxygens (including phenoxy) is 2. The average molecular weight is 282 g/mol. The van der Waals surface area contributed by atoms with Crippen LogP contribution in [0.3, 0.4) is 0 Å². The second kappa shape index (κ2) is 6.68. The van der Waals surface area contributed by atoms with E-state index in [0.29, 0.717) is 17.2 Å². The molecule has 1 aliphatic rings. The third-order valence-electron chi connectivity index (χ3n) is 2.90. The highest BCUT2D eigenvalue weighted by Gasteiger charge is 2.21. The number of methoxy groups -OCH3 is 2. The molecule has 1 aromatic carbocycles. The van der Waals surface area contributed by atoms with Crippen molar-refractivity contribution >= 4 is 23.4 Å². The predicted molar refractivity (Wildman–Crippen MR) is 77.3 cm³/mol. The summed E-state index contributed by atoms with van der Waals surface area (Å²) in [5.41, 5.74) is 0.629. The molecule has 1 unspecified atom stereocenters. The summed E-state index contributed by atoms with van der Waals surface area (Å²) in [5, 5.41) is 6.09. The van der Waals surface area contributed by atoms with Crippen LogP contribution >= 0.6 is 11.8 Å². The molecule has 5 nitrogen and oxygen atoms in total. The Labute approximate surface area is 117 Å². The monoisotopic (exact) mass is 282 g/mol. The van der Waals surface area contributed by atoms with E-state index in [-0.39, 0.29) is 11.9 Å². The lowest BCUT2D eigenvalue weighted by Gasteiger charge is -2.22. The zero-order chi connectivity index (χ0) is 13.7. The van der Waals surface area contributed by atoms with Gasteiger partial charge in [-0.05, 0) is 12.1 Å². The van der Waals surface area contributed by atoms with Gasteiger partial charge in [0.15, 0.2) is 0 Å². The van der Waals surface area contributed by atoms with E-state index in [1.165, 1.54) is 0 Å². The molecule has 1 aliphatic heterocycles. The van der Waals surface area contributed by atoms with Gasteiger partial charge >= 0.3 is 0 Å². The summed E-state index contributed by atoms with van der Waals surface area (Å²) < 4.78 is 10.4. The van der Waals surface area contributed by atoms with Crippen LogP contribution in [0.4, 0.5) is 5.69 Å². The maximum Gasteiger partial charge on any atom is 0.242 e. The van der Waals surface area contributed by atoms with Crippen molar-refractivity contribution in [2.45, 2.75) is 6.04 Å². The van der Waals surface area contributed by atoms with Crippen LogP contribution in [0, 0.1) is 0 Å². The first-order valence-corrected chi connectivity index (χ1v) is 7.24. The molecule has 1 fully saturated rings. The van der Waals surface area contributed by atoms with E-state index in [1.807, 2.05) is 0 Å². The Morgan fingerprint density at radius 1 is 1.42 bits per heavy atom. The van der Waals surface area contributed by atoms with Crippen molar-refractivity contribution in [1.82, 2.24) is 5.32 Å². The second-order valence-electron chi connectivity index (χ2n) is 4.14. The molecule has 0 aliphatic carbocycles. The van der Waals surface area contributed by atoms with Crippen LogP contribution in [0.2, 0.25) is 0 Å². The molecule has 1 heterocycles. The first-order chi connectivity index (χ1) is 9.24. The van der Waals surface area contributed by atoms with Crippen molar-refractivity contribution in [3.63, 3.8) is 0 Å². The molecule has 1 atom stereocenters. The standard InChI is InChI=1S/C13H18N2O3S/c1-17-9-3-4-12(18-2)10(7-9)15-13(16)11-8-19-6-5-14-11/h3-4,7,11,14H,5-6,8H2,1-2H3,(H,15,16). The van der Waals surface area contributed by atoms with Crippen molar-refractivity contribution in [3.8, 4) is 11.5 Å². The van der Waals surface area contributed by atoms with E-state index in [1.54, 1.807) is 44.2 Å². The van der Waals surface area contributed by atoms with Crippen LogP contribution in [-0.4, -0.2) is 44.2 Å². The smallest absolute Gasteiger partial charge is 0.242 e. The van der Waals surface area contributed by atoms with Crippen LogP contribution in [0.5, 0.6) is 11.5 Å². The normalized spacial score (nSPS) is 18.7. The van der Waals surface area contributed by atoms with Gasteiger partial charge in [0.1, 0.15) is 11.5 Å². The van der Waals surface area contributed by atoms with Gasteiger partial charge in [0.05, 0.1) is 25.9 Å². The fourth-order valence-electron chi connectivity index (χ4n) is 1.87. The topological polar surface area (TPSA) is 59.6 Å². The second-order valence-corrected chi connectivity index (χ2v) is 5.29. The highest BCUT2D eigenvalue weighted by molar-refractivity contribution is 7.99. The van der Waals surface area contributed by atoms with E-state index < -0.39 is 0 Å². The fourth-order valence-corrected chi connectivity index (χ4v) is 2.80. The lowest BCUT2D eigenvalue weighted by atomic mass is 10.2. The number of carbonyl (C=O) groups excluding carboxylic acids is 1. The fraction of sp³-hybridized carbons (Fsp3) is 0.462. The molecular weight excluding hydrogens is 264 g/mol. The Morgan fingerprint density at radius 3 is 2.89 bits per heavy atom. The van der Waals surface area contributed by atoms with Gasteiger partial charge in [-0.25, -0.2) is 0 Å². The summed E-state index contributed by atoms with van der Waals surface area (Å²) in [4.78, 5) is 12.2. The van der Waals surface area contributed by atoms with Crippen molar-refractivity contribution < 1.29 is 14.3 Å². The summed E-state index contributed by atoms with van der Waals surface area (Å²) in [7, 11) is 3.17. The Hall–Kier alpha value is -1.40. The van der Waals surface area contributed by atoms with Crippen LogP contribution in [0.1, 0.15) is 0 Å². The minimum Gasteiger partial charge on any atom is -0.497 e. The Kier molecular flexibility index (Phi) is 4.93. The van der Waals surface area contributed by atoms with Crippen molar-refractivity contribution in [3.05, 3.63) is 18.2 Å². The number of carbonyl (C=O) groups is 1. The van der Waals surface area contributed by atoms with Crippen molar-refractivity contribution in [1.29, 1.82) is 0 Å². The van der Waals surface area contributed by atoms with E-state index in [9.17, 15) is 4.79 Å². The van der Waals surface area contributed by atoms with Crippen LogP contribution in [0.25, 0.3) is 0 Å². The van der Waals surface area contributed by atoms with Gasteiger partial charge in [0, 0.05) is 24.1 Å². The van der Waals surface area contributed by atoms with Crippen LogP contribution in [-0.2, 0) is 4.79 Å². The van der Waals surface area contributed by atoms with Gasteiger partial charge in [0.25, 0.3) is 0 Å². The number of nitrogens with one attached hydrogen (secondary N) is 2. The number of amides is 1. The number of rotatable bonds is 4. The molecule has 2 N–H and O–H groups in total. The molecule has 1 saturated heterocycles. The molecular formula is C13H18N2O3S. The van der Waals surface area contributed by atoms with Crippen LogP contribution < -0.4 is 20.1 Å². The molecule has 0 aromatic heterocycles. The zero-order valence-electron chi connectivity index (χ0n) is 11.1. The van der Waals surface area contributed by atoms with E-state index >= 15 is 0 Å². The highest BCUT2D eigenvalue weighted by atomic mass is 32.2. The largest absolute Gasteiger partial charge is 0.497 e. The van der Waals surface area contributed by atoms with Gasteiger partial charge < -0.3 is 20.1 Å². The third kappa shape index (κ3) is 3.54. The summed E-state index contributed by atoms with van der Waals surface area (Å²) in [6.45, 7) is 0.859. The van der Waals surface area contributed by atoms with Crippen molar-refractivity contribution in [2.24, 2.45) is 0 Å². The van der Waals surface area contributed by atoms with Gasteiger partial charge in [0.2, 0.25) is 5.91 Å². The SMILES string of the molecule is COc1ccc(OC)c(NC(=O)C2CSCCN2)c1. The molecule has 6 heteroatoms. The average Bonchev–Trinajstić information content (AvgIpc) is 2.48. The first kappa shape index (κ1) is 14.0. The van der Waals surface area contributed by atoms with Gasteiger partial charge in [-0.1, -0.05) is 0 Å². The minimum atomic E-state index is -0.158. The van der Waals surface area contributed by atoms with Gasteiger partial charge in [-0.3, -0.25) is 4.79 Å². The maximum atomic E-state index is 12.2. The lowest BCUT2D eigenvalue weighted by molar-refractivity contribution is -0.117. The summed E-state index contributed by atoms with van der Waals surface area (Å²) in [6, 6.07) is 5.17. The van der Waals surface area contributed by atoms with Gasteiger partial charge in [-0.15, -0.1) is 0 Å². The molecule has 0 radical (unpaired) electrons. The van der Waals surface area contributed by atoms with E-state index in [0.717, 1.165) is 18.1 Å². The van der Waals surface area contributed by atoms with E-state index in [2.05, 4.69) is 10.6 Å². The molecule has 2 rings (SSSR count). The number of hydrogen-bond donors (Lipinski definition) is 2. The molecule has 0 bridgehead atoms. The number of thioether (sulfide) groups is 1. The Morgan fingerprint density at radius 2 is 2.26 bits per heavy atom. The zero-order valence-corrected chi connectivity index (χ0v) is 11.9. The third-order valence-corrected chi connectivity index (χ3v) is 3.96. The van der Waals surface area contributed by atoms with E-state index in [4.69, 9.17) is 9.47 Å². The number of hydrogen-bond acceptors (Lipinski definition) is 5. The molecule has 1 aromatic rings. The van der Waals surface area contributed by atoms with Crippen molar-refractivity contribution in [2.75, 3.05) is 37.6 Å². The Balaban J connectivity index is 2.10. The number of benzene rings is 1. The molecule has 19 heavy (non-hydrogen) atoms. The summed E-state index contributed by atoms with van der Waals surface area (Å²) in [6.07, 6.45) is 0. The van der Waals surface area contributed by atoms with Crippen LogP contribution in [0.15, 0.2) is 18.2 Å². The molecule has 0 saturated carbocycles. The minimum absolute atomic E-state index is 0.0428. The quantitative estimate of drug-likeness (QED) is 0.873. The first-order valence-electron chi connectivity index (χ1n) is 6.08. The summed E-state index contributed by atoms with van der Waals surface area (Å²) in [5.74, 6) is 3.10. The molecule has 1 amide bonds. The molecule has 104 valence electrons. The number of anilines is 1. The lowest BCUT2D eigenvalue weighted by Crippen LogP contribution is -2.46. The maximum absolute atomic E-state index is 12.2. The predicted octanol–water partition coefficient (Wildman–Crippen LogP) is 1.35.